The second-order valence-corrected chi connectivity index (χ2v) is 4.48. The number of urea groups is 1. The first-order valence-corrected chi connectivity index (χ1v) is 6.79. The first kappa shape index (κ1) is 23.6. The average Bonchev–Trinajstić information content (AvgIpc) is 2.47. The van der Waals surface area contributed by atoms with Crippen molar-refractivity contribution in [2.45, 2.75) is 31.3 Å². The first-order chi connectivity index (χ1) is 11.1. The van der Waals surface area contributed by atoms with Gasteiger partial charge in [-0.3, -0.25) is 19.8 Å². The van der Waals surface area contributed by atoms with Gasteiger partial charge in [0.05, 0.1) is 6.61 Å². The van der Waals surface area contributed by atoms with Crippen molar-refractivity contribution < 1.29 is 29.4 Å². The molecule has 0 aromatic carbocycles. The molecule has 140 valence electrons. The molecule has 0 aliphatic rings. The number of primary amides is 1. The molecule has 0 aromatic heterocycles. The fraction of sp³-hybridized carbons (Fsp3) is 0.636. The predicted molar refractivity (Wildman–Crippen MR) is 83.7 cm³/mol. The van der Waals surface area contributed by atoms with Crippen LogP contribution in [0.1, 0.15) is 19.3 Å². The van der Waals surface area contributed by atoms with E-state index in [1.54, 1.807) is 0 Å². The maximum Gasteiger partial charge on any atom is 0.320 e. The van der Waals surface area contributed by atoms with Crippen LogP contribution in [-0.4, -0.2) is 59.4 Å². The number of guanidine groups is 1. The minimum atomic E-state index is -1.08. The molecule has 0 heterocycles. The Morgan fingerprint density at radius 2 is 1.54 bits per heavy atom. The summed E-state index contributed by atoms with van der Waals surface area (Å²) < 4.78 is 0. The highest BCUT2D eigenvalue weighted by atomic mass is 16.6. The summed E-state index contributed by atoms with van der Waals surface area (Å²) in [6.45, 7) is 0.448. The molecule has 0 saturated carbocycles. The van der Waals surface area contributed by atoms with E-state index in [1.807, 2.05) is 0 Å². The summed E-state index contributed by atoms with van der Waals surface area (Å²) in [6.07, 6.45) is 1.00. The molecular weight excluding hydrogens is 326 g/mol. The van der Waals surface area contributed by atoms with Crippen molar-refractivity contribution in [1.82, 2.24) is 10.8 Å². The highest BCUT2D eigenvalue weighted by Crippen LogP contribution is 1.92. The molecule has 13 heteroatoms. The highest BCUT2D eigenvalue weighted by molar-refractivity contribution is 5.74. The molecule has 0 aliphatic carbocycles. The van der Waals surface area contributed by atoms with Crippen LogP contribution in [0.2, 0.25) is 0 Å². The van der Waals surface area contributed by atoms with Crippen LogP contribution in [-0.2, 0) is 14.4 Å². The minimum absolute atomic E-state index is 0.0903. The lowest BCUT2D eigenvalue weighted by atomic mass is 10.2. The minimum Gasteiger partial charge on any atom is -0.480 e. The molecule has 0 spiro atoms. The molecule has 13 nitrogen and oxygen atoms in total. The fourth-order valence-corrected chi connectivity index (χ4v) is 1.10. The zero-order valence-corrected chi connectivity index (χ0v) is 13.0. The van der Waals surface area contributed by atoms with Crippen molar-refractivity contribution in [3.05, 3.63) is 0 Å². The van der Waals surface area contributed by atoms with Crippen molar-refractivity contribution >= 4 is 23.9 Å². The van der Waals surface area contributed by atoms with Crippen LogP contribution < -0.4 is 33.7 Å². The maximum atomic E-state index is 10.2. The van der Waals surface area contributed by atoms with Crippen LogP contribution in [0.25, 0.3) is 0 Å². The van der Waals surface area contributed by atoms with Gasteiger partial charge in [0.15, 0.2) is 0 Å². The standard InChI is InChI=1S/C6H13N3O3.C5H12N4O3/c7-4(5(10)11)2-1-3-9-6(8)12;6-3(4(10)11)1-2-12-9-5(7)8/h4H,1-3,7H2,(H,10,11)(H3,8,9,12);3H,1-2,6H2,(H,10,11)(H4,7,8,9)/t4-;/m0./s1. The van der Waals surface area contributed by atoms with Crippen molar-refractivity contribution in [3.8, 4) is 0 Å². The van der Waals surface area contributed by atoms with Gasteiger partial charge in [-0.25, -0.2) is 10.3 Å². The molecule has 24 heavy (non-hydrogen) atoms. The van der Waals surface area contributed by atoms with Gasteiger partial charge in [0.2, 0.25) is 5.96 Å². The number of nitrogens with two attached hydrogens (primary N) is 4. The summed E-state index contributed by atoms with van der Waals surface area (Å²) in [4.78, 5) is 35.1. The molecule has 0 aliphatic heterocycles. The van der Waals surface area contributed by atoms with E-state index in [4.69, 9.17) is 38.6 Å². The Labute approximate surface area is 138 Å². The third-order valence-corrected chi connectivity index (χ3v) is 2.34. The van der Waals surface area contributed by atoms with Gasteiger partial charge in [-0.1, -0.05) is 0 Å². The van der Waals surface area contributed by atoms with Crippen LogP contribution >= 0.6 is 0 Å². The largest absolute Gasteiger partial charge is 0.480 e. The lowest BCUT2D eigenvalue weighted by molar-refractivity contribution is -0.139. The van der Waals surface area contributed by atoms with E-state index in [0.29, 0.717) is 19.4 Å². The Morgan fingerprint density at radius 1 is 1.04 bits per heavy atom. The Hall–Kier alpha value is -2.64. The van der Waals surface area contributed by atoms with E-state index >= 15 is 0 Å². The smallest absolute Gasteiger partial charge is 0.320 e. The number of carboxylic acid groups (broad SMARTS) is 2. The number of hydroxylamine groups is 1. The fourth-order valence-electron chi connectivity index (χ4n) is 1.10. The van der Waals surface area contributed by atoms with Gasteiger partial charge in [0.25, 0.3) is 0 Å². The number of hydrogen-bond donors (Lipinski definition) is 9. The molecule has 2 atom stereocenters. The molecule has 0 fully saturated rings. The van der Waals surface area contributed by atoms with Gasteiger partial charge in [-0.05, 0) is 19.3 Å². The van der Waals surface area contributed by atoms with E-state index in [0.717, 1.165) is 0 Å². The van der Waals surface area contributed by atoms with Gasteiger partial charge < -0.3 is 38.5 Å². The Kier molecular flexibility index (Phi) is 13.8. The second-order valence-electron chi connectivity index (χ2n) is 4.48. The van der Waals surface area contributed by atoms with E-state index in [9.17, 15) is 14.4 Å². The van der Waals surface area contributed by atoms with Crippen LogP contribution in [0.4, 0.5) is 4.79 Å². The van der Waals surface area contributed by atoms with Crippen LogP contribution in [0.3, 0.4) is 0 Å². The van der Waals surface area contributed by atoms with Gasteiger partial charge in [-0.15, -0.1) is 0 Å². The molecule has 1 unspecified atom stereocenters. The summed E-state index contributed by atoms with van der Waals surface area (Å²) in [5.74, 6) is -2.45. The van der Waals surface area contributed by atoms with Crippen molar-refractivity contribution in [1.29, 1.82) is 5.41 Å². The quantitative estimate of drug-likeness (QED) is 0.0836. The van der Waals surface area contributed by atoms with E-state index in [2.05, 4.69) is 15.6 Å². The number of carbonyl (C=O) groups excluding carboxylic acids is 1. The number of carbonyl (C=O) groups is 3. The van der Waals surface area contributed by atoms with Crippen molar-refractivity contribution in [3.63, 3.8) is 0 Å². The van der Waals surface area contributed by atoms with E-state index in [-0.39, 0.29) is 19.0 Å². The van der Waals surface area contributed by atoms with E-state index in [1.165, 1.54) is 0 Å². The zero-order valence-electron chi connectivity index (χ0n) is 13.0. The number of nitrogens with one attached hydrogen (secondary N) is 3. The van der Waals surface area contributed by atoms with Crippen molar-refractivity contribution in [2.75, 3.05) is 13.2 Å². The summed E-state index contributed by atoms with van der Waals surface area (Å²) >= 11 is 0. The molecule has 0 saturated heterocycles. The third kappa shape index (κ3) is 17.4. The Morgan fingerprint density at radius 3 is 1.96 bits per heavy atom. The highest BCUT2D eigenvalue weighted by Gasteiger charge is 2.10. The lowest BCUT2D eigenvalue weighted by Crippen LogP contribution is -2.35. The van der Waals surface area contributed by atoms with Gasteiger partial charge in [-0.2, -0.15) is 0 Å². The normalized spacial score (nSPS) is 12.1. The first-order valence-electron chi connectivity index (χ1n) is 6.79. The molecule has 0 aromatic rings. The number of rotatable bonds is 10. The molecular formula is C11H25N7O6. The molecule has 13 N–H and O–H groups in total. The zero-order chi connectivity index (χ0) is 19.1. The van der Waals surface area contributed by atoms with Gasteiger partial charge in [0.1, 0.15) is 12.1 Å². The predicted octanol–water partition coefficient (Wildman–Crippen LogP) is -2.95. The number of carboxylic acids is 2. The average molecular weight is 351 g/mol. The van der Waals surface area contributed by atoms with Crippen LogP contribution in [0, 0.1) is 5.41 Å². The maximum absolute atomic E-state index is 10.2. The van der Waals surface area contributed by atoms with Gasteiger partial charge >= 0.3 is 18.0 Å². The Balaban J connectivity index is 0. The Bertz CT molecular complexity index is 382. The topological polar surface area (TPSA) is 253 Å². The summed E-state index contributed by atoms with van der Waals surface area (Å²) in [7, 11) is 0. The number of aliphatic carboxylic acids is 2. The van der Waals surface area contributed by atoms with Gasteiger partial charge in [0, 0.05) is 6.54 Å². The third-order valence-electron chi connectivity index (χ3n) is 2.34. The summed E-state index contributed by atoms with van der Waals surface area (Å²) in [5.41, 5.74) is 22.0. The summed E-state index contributed by atoms with van der Waals surface area (Å²) in [5, 5.41) is 25.7. The second kappa shape index (κ2) is 14.0. The van der Waals surface area contributed by atoms with Crippen LogP contribution in [0.5, 0.6) is 0 Å². The van der Waals surface area contributed by atoms with Crippen molar-refractivity contribution in [2.24, 2.45) is 22.9 Å². The monoisotopic (exact) mass is 351 g/mol. The van der Waals surface area contributed by atoms with Crippen LogP contribution in [0.15, 0.2) is 0 Å². The molecule has 2 amide bonds. The number of hydrogen-bond acceptors (Lipinski definition) is 7. The molecule has 0 rings (SSSR count). The summed E-state index contributed by atoms with van der Waals surface area (Å²) in [6, 6.07) is -2.42. The lowest BCUT2D eigenvalue weighted by Gasteiger charge is -2.06. The molecule has 0 bridgehead atoms. The number of amides is 2. The van der Waals surface area contributed by atoms with E-state index < -0.39 is 30.1 Å². The SMILES string of the molecule is N=C(N)NOCCC(N)C(=O)O.NC(=O)NCCC[C@H](N)C(=O)O. The molecule has 0 radical (unpaired) electrons.